The maximum atomic E-state index is 2.57. The molecule has 0 radical (unpaired) electrons. The Balaban J connectivity index is 1.14. The van der Waals surface area contributed by atoms with E-state index in [2.05, 4.69) is 239 Å². The summed E-state index contributed by atoms with van der Waals surface area (Å²) in [6, 6.07) is 75.8. The Morgan fingerprint density at radius 1 is 0.413 bits per heavy atom. The molecule has 0 saturated carbocycles. The van der Waals surface area contributed by atoms with Gasteiger partial charge in [-0.2, -0.15) is 0 Å². The van der Waals surface area contributed by atoms with E-state index in [1.54, 1.807) is 0 Å². The second-order valence-corrected chi connectivity index (χ2v) is 17.7. The van der Waals surface area contributed by atoms with Gasteiger partial charge in [-0.1, -0.05) is 232 Å². The van der Waals surface area contributed by atoms with Gasteiger partial charge in [0.25, 0.3) is 0 Å². The van der Waals surface area contributed by atoms with Crippen molar-refractivity contribution in [1.29, 1.82) is 0 Å². The molecule has 0 bridgehead atoms. The van der Waals surface area contributed by atoms with Gasteiger partial charge < -0.3 is 0 Å². The molecule has 4 aliphatic carbocycles. The molecule has 0 aliphatic heterocycles. The number of fused-ring (bicyclic) bond motifs is 16. The summed E-state index contributed by atoms with van der Waals surface area (Å²) >= 11 is 0. The molecule has 0 amide bonds. The Hall–Kier alpha value is -7.28. The van der Waals surface area contributed by atoms with Crippen molar-refractivity contribution in [2.75, 3.05) is 0 Å². The van der Waals surface area contributed by atoms with Gasteiger partial charge in [0.2, 0.25) is 0 Å². The van der Waals surface area contributed by atoms with E-state index in [-0.39, 0.29) is 5.92 Å². The van der Waals surface area contributed by atoms with Gasteiger partial charge in [0, 0.05) is 5.92 Å². The zero-order valence-electron chi connectivity index (χ0n) is 36.1. The summed E-state index contributed by atoms with van der Waals surface area (Å²) in [6.45, 7) is 7.10. The monoisotopic (exact) mass is 804 g/mol. The summed E-state index contributed by atoms with van der Waals surface area (Å²) in [5.74, 6) is 0.158. The highest BCUT2D eigenvalue weighted by molar-refractivity contribution is 5.97. The second kappa shape index (κ2) is 14.4. The van der Waals surface area contributed by atoms with Crippen molar-refractivity contribution in [3.8, 4) is 22.3 Å². The molecule has 2 spiro atoms. The van der Waals surface area contributed by atoms with Gasteiger partial charge >= 0.3 is 0 Å². The quantitative estimate of drug-likeness (QED) is 0.166. The molecular weight excluding hydrogens is 757 g/mol. The smallest absolute Gasteiger partial charge is 0.0622 e. The standard InChI is InChI=1S/C63H48/c1-4-46-48(43-22-7-5-8-23-43)30-21-29-47(41(2)42(3)61(46)44-24-9-6-10-25-44)45-38-39-52-51-28-13-16-33-55(51)63(60(52)40-45)58-36-19-17-34-56(58)62(57-35-18-20-37-59(57)63)53-31-14-11-26-49(53)50-27-12-15-32-54(50)62/h5-40,42H,4H2,1-3H3/b29-21+,47-41+,48-30+,61-46+. The van der Waals surface area contributed by atoms with Gasteiger partial charge in [0.05, 0.1) is 10.8 Å². The molecular formula is C63H48. The predicted molar refractivity (Wildman–Crippen MR) is 264 cm³/mol. The lowest BCUT2D eigenvalue weighted by molar-refractivity contribution is 0.633. The Labute approximate surface area is 372 Å². The van der Waals surface area contributed by atoms with Crippen LogP contribution >= 0.6 is 0 Å². The minimum absolute atomic E-state index is 0.158. The Bertz CT molecular complexity index is 3180. The normalized spacial score (nSPS) is 20.8. The van der Waals surface area contributed by atoms with Crippen LogP contribution in [0.25, 0.3) is 39.0 Å². The first-order chi connectivity index (χ1) is 31.1. The third-order valence-electron chi connectivity index (χ3n) is 15.0. The lowest BCUT2D eigenvalue weighted by Crippen LogP contribution is -2.43. The largest absolute Gasteiger partial charge is 0.0720 e. The van der Waals surface area contributed by atoms with E-state index in [4.69, 9.17) is 0 Å². The molecule has 8 aromatic carbocycles. The van der Waals surface area contributed by atoms with Crippen LogP contribution in [-0.2, 0) is 10.8 Å². The van der Waals surface area contributed by atoms with Crippen molar-refractivity contribution < 1.29 is 0 Å². The fraction of sp³-hybridized carbons (Fsp3) is 0.111. The van der Waals surface area contributed by atoms with Gasteiger partial charge in [0.1, 0.15) is 0 Å². The van der Waals surface area contributed by atoms with E-state index in [0.29, 0.717) is 0 Å². The SMILES string of the molecule is CCC1=C(/c2ccccc2)C(C)\C(C)=C(c2ccc3c(c2)C2(c4ccccc4-3)c3ccccc3C3(c4ccccc4-c4ccccc43)c3ccccc32)/C=C/C=C/1c1ccccc1. The average molecular weight is 805 g/mol. The molecule has 0 heterocycles. The fourth-order valence-electron chi connectivity index (χ4n) is 12.4. The minimum atomic E-state index is -0.542. The first kappa shape index (κ1) is 37.5. The zero-order valence-corrected chi connectivity index (χ0v) is 36.1. The number of benzene rings is 8. The maximum Gasteiger partial charge on any atom is 0.0720 e. The van der Waals surface area contributed by atoms with E-state index in [1.165, 1.54) is 111 Å². The number of hydrogen-bond acceptors (Lipinski definition) is 0. The molecule has 63 heavy (non-hydrogen) atoms. The van der Waals surface area contributed by atoms with Gasteiger partial charge in [-0.05, 0) is 125 Å². The Kier molecular flexibility index (Phi) is 8.57. The third kappa shape index (κ3) is 5.10. The van der Waals surface area contributed by atoms with Crippen molar-refractivity contribution in [1.82, 2.24) is 0 Å². The van der Waals surface area contributed by atoms with Crippen LogP contribution in [0.5, 0.6) is 0 Å². The molecule has 300 valence electrons. The molecule has 4 aliphatic rings. The van der Waals surface area contributed by atoms with Gasteiger partial charge in [-0.3, -0.25) is 0 Å². The van der Waals surface area contributed by atoms with Crippen LogP contribution in [0.3, 0.4) is 0 Å². The van der Waals surface area contributed by atoms with E-state index in [0.717, 1.165) is 6.42 Å². The molecule has 0 heteroatoms. The number of hydrogen-bond donors (Lipinski definition) is 0. The van der Waals surface area contributed by atoms with Crippen molar-refractivity contribution in [3.63, 3.8) is 0 Å². The molecule has 0 saturated heterocycles. The lowest BCUT2D eigenvalue weighted by atomic mass is 9.52. The molecule has 1 atom stereocenters. The predicted octanol–water partition coefficient (Wildman–Crippen LogP) is 15.7. The second-order valence-electron chi connectivity index (χ2n) is 17.7. The molecule has 0 N–H and O–H groups in total. The molecule has 0 nitrogen and oxygen atoms in total. The van der Waals surface area contributed by atoms with Crippen molar-refractivity contribution in [2.45, 2.75) is 38.0 Å². The Morgan fingerprint density at radius 3 is 1.32 bits per heavy atom. The fourth-order valence-corrected chi connectivity index (χ4v) is 12.4. The minimum Gasteiger partial charge on any atom is -0.0622 e. The molecule has 1 unspecified atom stereocenters. The van der Waals surface area contributed by atoms with Crippen LogP contribution in [-0.4, -0.2) is 0 Å². The summed E-state index contributed by atoms with van der Waals surface area (Å²) in [6.07, 6.45) is 7.98. The van der Waals surface area contributed by atoms with E-state index in [9.17, 15) is 0 Å². The third-order valence-corrected chi connectivity index (χ3v) is 15.0. The summed E-state index contributed by atoms with van der Waals surface area (Å²) < 4.78 is 0. The summed E-state index contributed by atoms with van der Waals surface area (Å²) in [5.41, 5.74) is 25.7. The van der Waals surface area contributed by atoms with Gasteiger partial charge in [0.15, 0.2) is 0 Å². The van der Waals surface area contributed by atoms with Crippen molar-refractivity contribution in [3.05, 3.63) is 291 Å². The summed E-state index contributed by atoms with van der Waals surface area (Å²) in [4.78, 5) is 0. The van der Waals surface area contributed by atoms with Crippen molar-refractivity contribution >= 4 is 16.7 Å². The Morgan fingerprint density at radius 2 is 0.825 bits per heavy atom. The van der Waals surface area contributed by atoms with Crippen LogP contribution in [0.1, 0.15) is 88.4 Å². The zero-order chi connectivity index (χ0) is 42.3. The first-order valence-electron chi connectivity index (χ1n) is 22.7. The molecule has 0 aromatic heterocycles. The van der Waals surface area contributed by atoms with Gasteiger partial charge in [-0.15, -0.1) is 0 Å². The van der Waals surface area contributed by atoms with Crippen LogP contribution in [0.2, 0.25) is 0 Å². The molecule has 8 aromatic rings. The summed E-state index contributed by atoms with van der Waals surface area (Å²) in [5, 5.41) is 0. The van der Waals surface area contributed by atoms with Crippen LogP contribution in [0.4, 0.5) is 0 Å². The van der Waals surface area contributed by atoms with E-state index in [1.807, 2.05) is 0 Å². The van der Waals surface area contributed by atoms with Crippen LogP contribution in [0, 0.1) is 5.92 Å². The first-order valence-corrected chi connectivity index (χ1v) is 22.7. The average Bonchev–Trinajstić information content (AvgIpc) is 3.82. The van der Waals surface area contributed by atoms with Crippen LogP contribution < -0.4 is 0 Å². The summed E-state index contributed by atoms with van der Waals surface area (Å²) in [7, 11) is 0. The maximum absolute atomic E-state index is 2.57. The van der Waals surface area contributed by atoms with Crippen LogP contribution in [0.15, 0.2) is 230 Å². The van der Waals surface area contributed by atoms with Gasteiger partial charge in [-0.25, -0.2) is 0 Å². The van der Waals surface area contributed by atoms with E-state index >= 15 is 0 Å². The highest BCUT2D eigenvalue weighted by Crippen LogP contribution is 2.67. The number of rotatable bonds is 4. The highest BCUT2D eigenvalue weighted by atomic mass is 14.6. The topological polar surface area (TPSA) is 0 Å². The molecule has 0 fully saturated rings. The van der Waals surface area contributed by atoms with E-state index < -0.39 is 10.8 Å². The van der Waals surface area contributed by atoms with Crippen molar-refractivity contribution in [2.24, 2.45) is 5.92 Å². The molecule has 12 rings (SSSR count). The number of allylic oxidation sites excluding steroid dienone is 8. The lowest BCUT2D eigenvalue weighted by Gasteiger charge is -2.48. The highest BCUT2D eigenvalue weighted by Gasteiger charge is 2.58.